The molecular formula is C17H17NO6. The van der Waals surface area contributed by atoms with Crippen molar-refractivity contribution in [3.63, 3.8) is 0 Å². The van der Waals surface area contributed by atoms with Crippen LogP contribution in [0.15, 0.2) is 52.6 Å². The van der Waals surface area contributed by atoms with E-state index in [9.17, 15) is 9.59 Å². The summed E-state index contributed by atoms with van der Waals surface area (Å²) in [7, 11) is 2.43. The van der Waals surface area contributed by atoms with Crippen LogP contribution in [0.2, 0.25) is 0 Å². The Kier molecular flexibility index (Phi) is 5.75. The predicted molar refractivity (Wildman–Crippen MR) is 85.8 cm³/mol. The van der Waals surface area contributed by atoms with Crippen LogP contribution in [0.25, 0.3) is 11.3 Å². The molecule has 0 aliphatic heterocycles. The fraction of sp³-hybridized carbons (Fsp3) is 0.176. The fourth-order valence-corrected chi connectivity index (χ4v) is 1.92. The highest BCUT2D eigenvalue weighted by Gasteiger charge is 2.13. The van der Waals surface area contributed by atoms with Crippen LogP contribution in [0.4, 0.5) is 5.69 Å². The number of carbonyl (C=O) groups excluding carboxylic acids is 2. The molecule has 126 valence electrons. The molecule has 0 fully saturated rings. The normalized spacial score (nSPS) is 11.0. The number of hydrogen-bond donors (Lipinski definition) is 2. The standard InChI is InChI=1S/C17H17NO6/c1-22-16(20)9-14(17(21)23-2)18-12-5-3-11(4-6-12)15-8-7-13(10-19)24-15/h3-9,18-19H,10H2,1-2H3/b14-9+. The minimum absolute atomic E-state index is 0.0438. The smallest absolute Gasteiger partial charge is 0.354 e. The molecule has 0 atom stereocenters. The van der Waals surface area contributed by atoms with Gasteiger partial charge in [0.1, 0.15) is 23.8 Å². The van der Waals surface area contributed by atoms with Crippen molar-refractivity contribution < 1.29 is 28.6 Å². The summed E-state index contributed by atoms with van der Waals surface area (Å²) in [4.78, 5) is 23.0. The molecule has 0 amide bonds. The Balaban J connectivity index is 2.18. The molecule has 1 heterocycles. The first-order valence-corrected chi connectivity index (χ1v) is 7.02. The lowest BCUT2D eigenvalue weighted by molar-refractivity contribution is -0.138. The maximum atomic E-state index is 11.7. The fourth-order valence-electron chi connectivity index (χ4n) is 1.92. The Hall–Kier alpha value is -3.06. The van der Waals surface area contributed by atoms with Crippen molar-refractivity contribution in [1.29, 1.82) is 0 Å². The number of hydrogen-bond acceptors (Lipinski definition) is 7. The van der Waals surface area contributed by atoms with Crippen LogP contribution in [0.3, 0.4) is 0 Å². The van der Waals surface area contributed by atoms with Crippen LogP contribution in [-0.4, -0.2) is 31.3 Å². The largest absolute Gasteiger partial charge is 0.466 e. The number of aliphatic hydroxyl groups excluding tert-OH is 1. The van der Waals surface area contributed by atoms with Gasteiger partial charge in [-0.2, -0.15) is 0 Å². The summed E-state index contributed by atoms with van der Waals surface area (Å²) < 4.78 is 14.6. The molecule has 0 unspecified atom stereocenters. The lowest BCUT2D eigenvalue weighted by atomic mass is 10.1. The van der Waals surface area contributed by atoms with Crippen molar-refractivity contribution in [3.05, 3.63) is 53.9 Å². The molecule has 0 aliphatic rings. The molecule has 7 heteroatoms. The summed E-state index contributed by atoms with van der Waals surface area (Å²) in [6.07, 6.45) is 1.01. The van der Waals surface area contributed by atoms with Crippen LogP contribution in [-0.2, 0) is 25.7 Å². The molecule has 0 bridgehead atoms. The summed E-state index contributed by atoms with van der Waals surface area (Å²) in [5.41, 5.74) is 1.34. The van der Waals surface area contributed by atoms with E-state index < -0.39 is 11.9 Å². The zero-order valence-corrected chi connectivity index (χ0v) is 13.2. The number of anilines is 1. The van der Waals surface area contributed by atoms with Gasteiger partial charge in [0, 0.05) is 11.3 Å². The average molecular weight is 331 g/mol. The Morgan fingerprint density at radius 3 is 2.38 bits per heavy atom. The van der Waals surface area contributed by atoms with Crippen LogP contribution in [0, 0.1) is 0 Å². The molecule has 0 saturated heterocycles. The quantitative estimate of drug-likeness (QED) is 0.617. The molecule has 24 heavy (non-hydrogen) atoms. The van der Waals surface area contributed by atoms with E-state index in [1.54, 1.807) is 36.4 Å². The maximum absolute atomic E-state index is 11.7. The Labute approximate surface area is 138 Å². The first-order valence-electron chi connectivity index (χ1n) is 7.02. The van der Waals surface area contributed by atoms with Gasteiger partial charge >= 0.3 is 11.9 Å². The first kappa shape index (κ1) is 17.3. The zero-order valence-electron chi connectivity index (χ0n) is 13.2. The number of aliphatic hydroxyl groups is 1. The molecule has 7 nitrogen and oxygen atoms in total. The number of furan rings is 1. The second kappa shape index (κ2) is 7.98. The van der Waals surface area contributed by atoms with Crippen LogP contribution in [0.1, 0.15) is 5.76 Å². The molecule has 0 aliphatic carbocycles. The van der Waals surface area contributed by atoms with Crippen molar-refractivity contribution >= 4 is 17.6 Å². The minimum Gasteiger partial charge on any atom is -0.466 e. The Bertz CT molecular complexity index is 745. The van der Waals surface area contributed by atoms with Gasteiger partial charge in [0.15, 0.2) is 0 Å². The lowest BCUT2D eigenvalue weighted by Crippen LogP contribution is -2.15. The lowest BCUT2D eigenvalue weighted by Gasteiger charge is -2.09. The molecule has 0 saturated carbocycles. The number of methoxy groups -OCH3 is 2. The third-order valence-corrected chi connectivity index (χ3v) is 3.13. The summed E-state index contributed by atoms with van der Waals surface area (Å²) in [6, 6.07) is 10.4. The second-order valence-corrected chi connectivity index (χ2v) is 4.70. The Morgan fingerprint density at radius 2 is 1.83 bits per heavy atom. The number of benzene rings is 1. The van der Waals surface area contributed by atoms with Crippen molar-refractivity contribution in [1.82, 2.24) is 0 Å². The molecule has 2 rings (SSSR count). The maximum Gasteiger partial charge on any atom is 0.354 e. The predicted octanol–water partition coefficient (Wildman–Crippen LogP) is 2.08. The third-order valence-electron chi connectivity index (χ3n) is 3.13. The molecular weight excluding hydrogens is 314 g/mol. The van der Waals surface area contributed by atoms with E-state index in [2.05, 4.69) is 14.8 Å². The molecule has 1 aromatic heterocycles. The Morgan fingerprint density at radius 1 is 1.12 bits per heavy atom. The summed E-state index contributed by atoms with van der Waals surface area (Å²) in [5, 5.41) is 11.8. The molecule has 2 N–H and O–H groups in total. The highest BCUT2D eigenvalue weighted by Crippen LogP contribution is 2.24. The van der Waals surface area contributed by atoms with Gasteiger partial charge < -0.3 is 24.3 Å². The summed E-state index contributed by atoms with van der Waals surface area (Å²) in [5.74, 6) is -0.278. The number of nitrogens with one attached hydrogen (secondary N) is 1. The first-order chi connectivity index (χ1) is 11.6. The van der Waals surface area contributed by atoms with E-state index in [4.69, 9.17) is 9.52 Å². The van der Waals surface area contributed by atoms with Gasteiger partial charge in [-0.1, -0.05) is 0 Å². The van der Waals surface area contributed by atoms with E-state index in [1.807, 2.05) is 0 Å². The van der Waals surface area contributed by atoms with Crippen LogP contribution in [0.5, 0.6) is 0 Å². The van der Waals surface area contributed by atoms with Crippen molar-refractivity contribution in [2.45, 2.75) is 6.61 Å². The van der Waals surface area contributed by atoms with Gasteiger partial charge in [0.05, 0.1) is 20.3 Å². The number of rotatable bonds is 6. The molecule has 0 radical (unpaired) electrons. The number of esters is 2. The number of carbonyl (C=O) groups is 2. The van der Waals surface area contributed by atoms with Crippen molar-refractivity contribution in [3.8, 4) is 11.3 Å². The van der Waals surface area contributed by atoms with Crippen LogP contribution >= 0.6 is 0 Å². The van der Waals surface area contributed by atoms with E-state index in [-0.39, 0.29) is 12.3 Å². The highest BCUT2D eigenvalue weighted by molar-refractivity contribution is 5.98. The molecule has 0 spiro atoms. The summed E-state index contributed by atoms with van der Waals surface area (Å²) >= 11 is 0. The van der Waals surface area contributed by atoms with E-state index in [0.717, 1.165) is 11.6 Å². The van der Waals surface area contributed by atoms with E-state index >= 15 is 0 Å². The van der Waals surface area contributed by atoms with Gasteiger partial charge in [0.25, 0.3) is 0 Å². The van der Waals surface area contributed by atoms with E-state index in [1.165, 1.54) is 14.2 Å². The number of ether oxygens (including phenoxy) is 2. The third kappa shape index (κ3) is 4.23. The molecule has 2 aromatic rings. The second-order valence-electron chi connectivity index (χ2n) is 4.70. The van der Waals surface area contributed by atoms with Gasteiger partial charge in [0.2, 0.25) is 0 Å². The van der Waals surface area contributed by atoms with Gasteiger partial charge in [-0.15, -0.1) is 0 Å². The molecule has 1 aromatic carbocycles. The average Bonchev–Trinajstić information content (AvgIpc) is 3.10. The monoisotopic (exact) mass is 331 g/mol. The van der Waals surface area contributed by atoms with E-state index in [0.29, 0.717) is 17.2 Å². The van der Waals surface area contributed by atoms with Gasteiger partial charge in [-0.25, -0.2) is 9.59 Å². The van der Waals surface area contributed by atoms with Crippen molar-refractivity contribution in [2.24, 2.45) is 0 Å². The minimum atomic E-state index is -0.692. The topological polar surface area (TPSA) is 98.0 Å². The van der Waals surface area contributed by atoms with Gasteiger partial charge in [-0.3, -0.25) is 0 Å². The van der Waals surface area contributed by atoms with Gasteiger partial charge in [-0.05, 0) is 36.4 Å². The van der Waals surface area contributed by atoms with Crippen molar-refractivity contribution in [2.75, 3.05) is 19.5 Å². The SMILES string of the molecule is COC(=O)/C=C(/Nc1ccc(-c2ccc(CO)o2)cc1)C(=O)OC. The highest BCUT2D eigenvalue weighted by atomic mass is 16.5. The summed E-state index contributed by atoms with van der Waals surface area (Å²) in [6.45, 7) is -0.166. The zero-order chi connectivity index (χ0) is 17.5. The van der Waals surface area contributed by atoms with Crippen LogP contribution < -0.4 is 5.32 Å².